The SMILES string of the molecule is CCOC(=O)C1(CN)CC1=O.Cl. The first-order valence-electron chi connectivity index (χ1n) is 3.58. The van der Waals surface area contributed by atoms with Gasteiger partial charge in [-0.25, -0.2) is 0 Å². The summed E-state index contributed by atoms with van der Waals surface area (Å²) in [5, 5.41) is 0. The van der Waals surface area contributed by atoms with Gasteiger partial charge in [0.2, 0.25) is 0 Å². The molecule has 1 aliphatic carbocycles. The minimum absolute atomic E-state index is 0. The molecule has 1 rings (SSSR count). The van der Waals surface area contributed by atoms with Crippen LogP contribution >= 0.6 is 12.4 Å². The second-order valence-electron chi connectivity index (χ2n) is 2.61. The summed E-state index contributed by atoms with van der Waals surface area (Å²) in [6.45, 7) is 2.08. The van der Waals surface area contributed by atoms with Crippen molar-refractivity contribution in [2.75, 3.05) is 13.2 Å². The Morgan fingerprint density at radius 1 is 1.75 bits per heavy atom. The summed E-state index contributed by atoms with van der Waals surface area (Å²) in [5.41, 5.74) is 4.31. The molecule has 1 aliphatic rings. The van der Waals surface area contributed by atoms with E-state index in [1.54, 1.807) is 6.92 Å². The summed E-state index contributed by atoms with van der Waals surface area (Å²) in [6.07, 6.45) is 0.252. The lowest BCUT2D eigenvalue weighted by Crippen LogP contribution is -2.29. The Balaban J connectivity index is 0.00000121. The van der Waals surface area contributed by atoms with E-state index in [2.05, 4.69) is 0 Å². The standard InChI is InChI=1S/C7H11NO3.ClH/c1-2-11-6(10)7(4-8)3-5(7)9;/h2-4,8H2,1H3;1H. The van der Waals surface area contributed by atoms with Gasteiger partial charge in [0.05, 0.1) is 6.61 Å². The molecule has 2 N–H and O–H groups in total. The third-order valence-corrected chi connectivity index (χ3v) is 1.89. The first kappa shape index (κ1) is 11.4. The zero-order valence-electron chi connectivity index (χ0n) is 6.83. The number of ether oxygens (including phenoxy) is 1. The van der Waals surface area contributed by atoms with Gasteiger partial charge in [-0.2, -0.15) is 0 Å². The molecule has 0 saturated heterocycles. The zero-order valence-corrected chi connectivity index (χ0v) is 7.65. The third-order valence-electron chi connectivity index (χ3n) is 1.89. The van der Waals surface area contributed by atoms with Crippen molar-refractivity contribution in [3.8, 4) is 0 Å². The van der Waals surface area contributed by atoms with Gasteiger partial charge in [0.15, 0.2) is 5.78 Å². The van der Waals surface area contributed by atoms with Crippen molar-refractivity contribution < 1.29 is 14.3 Å². The highest BCUT2D eigenvalue weighted by Crippen LogP contribution is 2.40. The summed E-state index contributed by atoms with van der Waals surface area (Å²) in [6, 6.07) is 0. The van der Waals surface area contributed by atoms with Crippen LogP contribution in [-0.4, -0.2) is 24.9 Å². The summed E-state index contributed by atoms with van der Waals surface area (Å²) in [7, 11) is 0. The average Bonchev–Trinajstić information content (AvgIpc) is 2.63. The largest absolute Gasteiger partial charge is 0.465 e. The molecule has 0 aromatic carbocycles. The molecule has 1 fully saturated rings. The van der Waals surface area contributed by atoms with Crippen LogP contribution in [0.25, 0.3) is 0 Å². The van der Waals surface area contributed by atoms with Gasteiger partial charge in [-0.3, -0.25) is 9.59 Å². The summed E-state index contributed by atoms with van der Waals surface area (Å²) >= 11 is 0. The highest BCUT2D eigenvalue weighted by atomic mass is 35.5. The van der Waals surface area contributed by atoms with E-state index in [1.807, 2.05) is 0 Å². The molecule has 0 aliphatic heterocycles. The lowest BCUT2D eigenvalue weighted by Gasteiger charge is -2.07. The molecule has 1 unspecified atom stereocenters. The fourth-order valence-electron chi connectivity index (χ4n) is 0.954. The molecule has 1 saturated carbocycles. The molecule has 1 atom stereocenters. The molecular weight excluding hydrogens is 182 g/mol. The van der Waals surface area contributed by atoms with Crippen LogP contribution in [0.15, 0.2) is 0 Å². The predicted octanol–water partition coefficient (Wildman–Crippen LogP) is -0.111. The number of hydrogen-bond acceptors (Lipinski definition) is 4. The lowest BCUT2D eigenvalue weighted by atomic mass is 10.1. The number of rotatable bonds is 3. The van der Waals surface area contributed by atoms with Crippen LogP contribution in [0.1, 0.15) is 13.3 Å². The van der Waals surface area contributed by atoms with Gasteiger partial charge in [-0.05, 0) is 6.92 Å². The van der Waals surface area contributed by atoms with E-state index in [0.717, 1.165) is 0 Å². The summed E-state index contributed by atoms with van der Waals surface area (Å²) < 4.78 is 4.69. The van der Waals surface area contributed by atoms with E-state index < -0.39 is 11.4 Å². The maximum atomic E-state index is 11.0. The molecule has 0 bridgehead atoms. The summed E-state index contributed by atoms with van der Waals surface area (Å²) in [4.78, 5) is 21.8. The van der Waals surface area contributed by atoms with Crippen molar-refractivity contribution in [1.29, 1.82) is 0 Å². The number of ketones is 1. The second kappa shape index (κ2) is 3.87. The fourth-order valence-corrected chi connectivity index (χ4v) is 0.954. The molecule has 70 valence electrons. The van der Waals surface area contributed by atoms with Crippen molar-refractivity contribution in [1.82, 2.24) is 0 Å². The zero-order chi connectivity index (χ0) is 8.48. The van der Waals surface area contributed by atoms with Gasteiger partial charge >= 0.3 is 5.97 Å². The molecule has 0 spiro atoms. The molecule has 0 heterocycles. The van der Waals surface area contributed by atoms with E-state index in [-0.39, 0.29) is 31.2 Å². The average molecular weight is 194 g/mol. The van der Waals surface area contributed by atoms with Crippen LogP contribution in [0.5, 0.6) is 0 Å². The van der Waals surface area contributed by atoms with E-state index >= 15 is 0 Å². The van der Waals surface area contributed by atoms with Crippen LogP contribution in [-0.2, 0) is 14.3 Å². The number of nitrogens with two attached hydrogens (primary N) is 1. The van der Waals surface area contributed by atoms with E-state index in [4.69, 9.17) is 10.5 Å². The van der Waals surface area contributed by atoms with Gasteiger partial charge < -0.3 is 10.5 Å². The molecule has 0 aromatic heterocycles. The quantitative estimate of drug-likeness (QED) is 0.502. The van der Waals surface area contributed by atoms with E-state index in [9.17, 15) is 9.59 Å². The Labute approximate surface area is 76.9 Å². The van der Waals surface area contributed by atoms with Crippen LogP contribution < -0.4 is 5.73 Å². The van der Waals surface area contributed by atoms with Gasteiger partial charge in [0, 0.05) is 13.0 Å². The first-order chi connectivity index (χ1) is 5.17. The van der Waals surface area contributed by atoms with Crippen molar-refractivity contribution in [3.05, 3.63) is 0 Å². The van der Waals surface area contributed by atoms with Crippen LogP contribution in [0.4, 0.5) is 0 Å². The Kier molecular flexibility index (Phi) is 3.67. The van der Waals surface area contributed by atoms with E-state index in [0.29, 0.717) is 6.61 Å². The third kappa shape index (κ3) is 1.59. The van der Waals surface area contributed by atoms with Crippen molar-refractivity contribution in [3.63, 3.8) is 0 Å². The molecule has 0 aromatic rings. The van der Waals surface area contributed by atoms with Gasteiger partial charge in [0.25, 0.3) is 0 Å². The molecule has 5 heteroatoms. The second-order valence-corrected chi connectivity index (χ2v) is 2.61. The van der Waals surface area contributed by atoms with Crippen molar-refractivity contribution in [2.45, 2.75) is 13.3 Å². The smallest absolute Gasteiger partial charge is 0.321 e. The van der Waals surface area contributed by atoms with Gasteiger partial charge in [-0.15, -0.1) is 12.4 Å². The predicted molar refractivity (Wildman–Crippen MR) is 45.0 cm³/mol. The fraction of sp³-hybridized carbons (Fsp3) is 0.714. The Morgan fingerprint density at radius 3 is 2.50 bits per heavy atom. The maximum absolute atomic E-state index is 11.0. The van der Waals surface area contributed by atoms with Crippen LogP contribution in [0.3, 0.4) is 0 Å². The number of hydrogen-bond donors (Lipinski definition) is 1. The number of carbonyl (C=O) groups excluding carboxylic acids is 2. The number of carbonyl (C=O) groups is 2. The van der Waals surface area contributed by atoms with Crippen LogP contribution in [0.2, 0.25) is 0 Å². The first-order valence-corrected chi connectivity index (χ1v) is 3.58. The molecule has 12 heavy (non-hydrogen) atoms. The minimum Gasteiger partial charge on any atom is -0.465 e. The Morgan fingerprint density at radius 2 is 2.25 bits per heavy atom. The highest BCUT2D eigenvalue weighted by Gasteiger charge is 2.60. The van der Waals surface area contributed by atoms with Crippen molar-refractivity contribution in [2.24, 2.45) is 11.1 Å². The number of esters is 1. The van der Waals surface area contributed by atoms with E-state index in [1.165, 1.54) is 0 Å². The monoisotopic (exact) mass is 193 g/mol. The molecule has 0 amide bonds. The number of halogens is 1. The molecule has 4 nitrogen and oxygen atoms in total. The highest BCUT2D eigenvalue weighted by molar-refractivity contribution is 6.17. The molecule has 0 radical (unpaired) electrons. The summed E-state index contributed by atoms with van der Waals surface area (Å²) in [5.74, 6) is -0.564. The normalized spacial score (nSPS) is 26.0. The lowest BCUT2D eigenvalue weighted by molar-refractivity contribution is -0.150. The molecular formula is C7H12ClNO3. The van der Waals surface area contributed by atoms with Gasteiger partial charge in [0.1, 0.15) is 5.41 Å². The van der Waals surface area contributed by atoms with Crippen molar-refractivity contribution >= 4 is 24.2 Å². The van der Waals surface area contributed by atoms with Crippen LogP contribution in [0, 0.1) is 5.41 Å². The van der Waals surface area contributed by atoms with Gasteiger partial charge in [-0.1, -0.05) is 0 Å². The Bertz CT molecular complexity index is 207. The topological polar surface area (TPSA) is 69.4 Å². The maximum Gasteiger partial charge on any atom is 0.321 e. The Hall–Kier alpha value is -0.610. The minimum atomic E-state index is -0.962. The number of Topliss-reactive ketones (excluding diaryl/α,β-unsaturated/α-hetero) is 1.